The number of carbonyl (C=O) groups is 4. The maximum absolute atomic E-state index is 13.3. The molecule has 7 nitrogen and oxygen atoms in total. The predicted molar refractivity (Wildman–Crippen MR) is 101 cm³/mol. The van der Waals surface area contributed by atoms with Crippen LogP contribution in [-0.2, 0) is 14.3 Å². The first kappa shape index (κ1) is 21.7. The minimum Gasteiger partial charge on any atom is -0.451 e. The Bertz CT molecular complexity index is 957. The molecule has 2 aromatic carbocycles. The van der Waals surface area contributed by atoms with Crippen LogP contribution < -0.4 is 10.6 Å². The van der Waals surface area contributed by atoms with Crippen molar-refractivity contribution >= 4 is 34.9 Å². The van der Waals surface area contributed by atoms with Crippen molar-refractivity contribution in [3.05, 3.63) is 59.2 Å². The monoisotopic (exact) mass is 404 g/mol. The van der Waals surface area contributed by atoms with Gasteiger partial charge in [-0.05, 0) is 43.3 Å². The zero-order valence-corrected chi connectivity index (χ0v) is 15.8. The van der Waals surface area contributed by atoms with E-state index in [0.717, 1.165) is 12.1 Å². The Morgan fingerprint density at radius 1 is 0.828 bits per heavy atom. The van der Waals surface area contributed by atoms with Crippen molar-refractivity contribution in [1.29, 1.82) is 0 Å². The molecule has 2 amide bonds. The summed E-state index contributed by atoms with van der Waals surface area (Å²) in [5.74, 6) is -4.73. The highest BCUT2D eigenvalue weighted by Crippen LogP contribution is 2.21. The molecule has 0 aliphatic heterocycles. The van der Waals surface area contributed by atoms with E-state index < -0.39 is 41.3 Å². The van der Waals surface area contributed by atoms with E-state index in [9.17, 15) is 28.0 Å². The molecule has 0 heterocycles. The standard InChI is InChI=1S/C20H18F2N2O5/c1-10(19(27)13-4-5-17(21)18(22)8-13)29-20(28)14-6-15(23-11(2)25)9-16(7-14)24-12(3)26/h4-10H,1-3H3,(H,23,25)(H,24,26)/t10-/m0/s1. The maximum Gasteiger partial charge on any atom is 0.338 e. The molecule has 9 heteroatoms. The summed E-state index contributed by atoms with van der Waals surface area (Å²) < 4.78 is 31.5. The highest BCUT2D eigenvalue weighted by molar-refractivity contribution is 6.02. The number of hydrogen-bond donors (Lipinski definition) is 2. The first-order valence-corrected chi connectivity index (χ1v) is 8.47. The van der Waals surface area contributed by atoms with Gasteiger partial charge in [0.2, 0.25) is 17.6 Å². The zero-order valence-electron chi connectivity index (χ0n) is 15.8. The summed E-state index contributed by atoms with van der Waals surface area (Å²) >= 11 is 0. The van der Waals surface area contributed by atoms with Crippen LogP contribution >= 0.6 is 0 Å². The largest absolute Gasteiger partial charge is 0.451 e. The molecule has 0 saturated heterocycles. The molecule has 29 heavy (non-hydrogen) atoms. The highest BCUT2D eigenvalue weighted by Gasteiger charge is 2.22. The molecule has 0 aliphatic carbocycles. The zero-order chi connectivity index (χ0) is 21.7. The molecular formula is C20H18F2N2O5. The van der Waals surface area contributed by atoms with Gasteiger partial charge in [0, 0.05) is 30.8 Å². The van der Waals surface area contributed by atoms with Crippen LogP contribution in [0.3, 0.4) is 0 Å². The van der Waals surface area contributed by atoms with Gasteiger partial charge < -0.3 is 15.4 Å². The lowest BCUT2D eigenvalue weighted by atomic mass is 10.1. The van der Waals surface area contributed by atoms with Crippen molar-refractivity contribution in [1.82, 2.24) is 0 Å². The molecule has 0 unspecified atom stereocenters. The number of halogens is 2. The number of carbonyl (C=O) groups excluding carboxylic acids is 4. The third-order valence-corrected chi connectivity index (χ3v) is 3.67. The average molecular weight is 404 g/mol. The lowest BCUT2D eigenvalue weighted by Gasteiger charge is -2.14. The van der Waals surface area contributed by atoms with E-state index >= 15 is 0 Å². The van der Waals surface area contributed by atoms with Gasteiger partial charge in [-0.15, -0.1) is 0 Å². The number of esters is 1. The summed E-state index contributed by atoms with van der Waals surface area (Å²) in [6.45, 7) is 3.82. The van der Waals surface area contributed by atoms with E-state index in [1.807, 2.05) is 0 Å². The van der Waals surface area contributed by atoms with Crippen LogP contribution in [0, 0.1) is 11.6 Å². The smallest absolute Gasteiger partial charge is 0.338 e. The summed E-state index contributed by atoms with van der Waals surface area (Å²) in [6.07, 6.45) is -1.29. The van der Waals surface area contributed by atoms with E-state index in [0.29, 0.717) is 6.07 Å². The Kier molecular flexibility index (Phi) is 6.76. The van der Waals surface area contributed by atoms with E-state index in [-0.39, 0.29) is 22.5 Å². The SMILES string of the molecule is CC(=O)Nc1cc(NC(C)=O)cc(C(=O)O[C@@H](C)C(=O)c2ccc(F)c(F)c2)c1. The second kappa shape index (κ2) is 9.05. The topological polar surface area (TPSA) is 102 Å². The molecule has 152 valence electrons. The van der Waals surface area contributed by atoms with Crippen LogP contribution in [0.1, 0.15) is 41.5 Å². The van der Waals surface area contributed by atoms with Gasteiger partial charge in [0.25, 0.3) is 0 Å². The second-order valence-electron chi connectivity index (χ2n) is 6.20. The number of amides is 2. The molecular weight excluding hydrogens is 386 g/mol. The Balaban J connectivity index is 2.23. The highest BCUT2D eigenvalue weighted by atomic mass is 19.2. The van der Waals surface area contributed by atoms with Gasteiger partial charge in [0.05, 0.1) is 5.56 Å². The average Bonchev–Trinajstić information content (AvgIpc) is 2.61. The Morgan fingerprint density at radius 2 is 1.38 bits per heavy atom. The lowest BCUT2D eigenvalue weighted by molar-refractivity contribution is -0.115. The van der Waals surface area contributed by atoms with Crippen LogP contribution in [0.15, 0.2) is 36.4 Å². The third-order valence-electron chi connectivity index (χ3n) is 3.67. The van der Waals surface area contributed by atoms with Gasteiger partial charge in [-0.25, -0.2) is 13.6 Å². The summed E-state index contributed by atoms with van der Waals surface area (Å²) in [5, 5.41) is 4.97. The van der Waals surface area contributed by atoms with Crippen LogP contribution in [0.25, 0.3) is 0 Å². The van der Waals surface area contributed by atoms with Crippen molar-refractivity contribution in [2.45, 2.75) is 26.9 Å². The molecule has 2 rings (SSSR count). The number of rotatable bonds is 6. The predicted octanol–water partition coefficient (Wildman–Crippen LogP) is 3.31. The number of benzene rings is 2. The Hall–Kier alpha value is -3.62. The number of ether oxygens (including phenoxy) is 1. The second-order valence-corrected chi connectivity index (χ2v) is 6.20. The van der Waals surface area contributed by atoms with Crippen molar-refractivity contribution < 1.29 is 32.7 Å². The van der Waals surface area contributed by atoms with Gasteiger partial charge in [0.1, 0.15) is 0 Å². The molecule has 0 aromatic heterocycles. The Morgan fingerprint density at radius 3 is 1.86 bits per heavy atom. The number of ketones is 1. The fourth-order valence-corrected chi connectivity index (χ4v) is 2.46. The summed E-state index contributed by atoms with van der Waals surface area (Å²) in [5.41, 5.74) is 0.269. The summed E-state index contributed by atoms with van der Waals surface area (Å²) in [4.78, 5) is 47.3. The van der Waals surface area contributed by atoms with Gasteiger partial charge in [0.15, 0.2) is 17.7 Å². The van der Waals surface area contributed by atoms with Crippen molar-refractivity contribution in [3.63, 3.8) is 0 Å². The van der Waals surface area contributed by atoms with Crippen LogP contribution in [-0.4, -0.2) is 29.7 Å². The molecule has 0 bridgehead atoms. The lowest BCUT2D eigenvalue weighted by Crippen LogP contribution is -2.25. The van der Waals surface area contributed by atoms with E-state index in [4.69, 9.17) is 4.74 Å². The molecule has 2 N–H and O–H groups in total. The van der Waals surface area contributed by atoms with E-state index in [1.165, 1.54) is 39.0 Å². The number of nitrogens with one attached hydrogen (secondary N) is 2. The van der Waals surface area contributed by atoms with Crippen molar-refractivity contribution in [2.75, 3.05) is 10.6 Å². The minimum atomic E-state index is -1.29. The van der Waals surface area contributed by atoms with E-state index in [2.05, 4.69) is 10.6 Å². The normalized spacial score (nSPS) is 11.3. The molecule has 2 aromatic rings. The molecule has 0 saturated carbocycles. The van der Waals surface area contributed by atoms with Gasteiger partial charge in [-0.2, -0.15) is 0 Å². The summed E-state index contributed by atoms with van der Waals surface area (Å²) in [7, 11) is 0. The third kappa shape index (κ3) is 5.93. The molecule has 1 atom stereocenters. The molecule has 0 radical (unpaired) electrons. The van der Waals surface area contributed by atoms with Crippen LogP contribution in [0.5, 0.6) is 0 Å². The van der Waals surface area contributed by atoms with Gasteiger partial charge in [-0.1, -0.05) is 0 Å². The van der Waals surface area contributed by atoms with Crippen LogP contribution in [0.2, 0.25) is 0 Å². The molecule has 0 fully saturated rings. The first-order valence-electron chi connectivity index (χ1n) is 8.47. The van der Waals surface area contributed by atoms with Crippen molar-refractivity contribution in [3.8, 4) is 0 Å². The quantitative estimate of drug-likeness (QED) is 0.568. The molecule has 0 aliphatic rings. The minimum absolute atomic E-state index is 0.0371. The Labute approximate surface area is 165 Å². The van der Waals surface area contributed by atoms with E-state index in [1.54, 1.807) is 0 Å². The van der Waals surface area contributed by atoms with Gasteiger partial charge in [-0.3, -0.25) is 14.4 Å². The first-order chi connectivity index (χ1) is 13.6. The number of Topliss-reactive ketones (excluding diaryl/α,β-unsaturated/α-hetero) is 1. The summed E-state index contributed by atoms with van der Waals surface area (Å²) in [6, 6.07) is 6.66. The fourth-order valence-electron chi connectivity index (χ4n) is 2.46. The number of anilines is 2. The number of hydrogen-bond acceptors (Lipinski definition) is 5. The molecule has 0 spiro atoms. The van der Waals surface area contributed by atoms with Gasteiger partial charge >= 0.3 is 5.97 Å². The van der Waals surface area contributed by atoms with Crippen molar-refractivity contribution in [2.24, 2.45) is 0 Å². The fraction of sp³-hybridized carbons (Fsp3) is 0.200. The van der Waals surface area contributed by atoms with Crippen LogP contribution in [0.4, 0.5) is 20.2 Å². The maximum atomic E-state index is 13.3.